The van der Waals surface area contributed by atoms with E-state index < -0.39 is 0 Å². The third kappa shape index (κ3) is 3.96. The molecule has 50 heavy (non-hydrogen) atoms. The number of hydrogen-bond acceptors (Lipinski definition) is 1. The van der Waals surface area contributed by atoms with Crippen LogP contribution in [0.3, 0.4) is 0 Å². The molecular weight excluding hydrogens is 621 g/mol. The minimum Gasteiger partial charge on any atom is -0.0888 e. The lowest BCUT2D eigenvalue weighted by atomic mass is 9.69. The third-order valence-electron chi connectivity index (χ3n) is 11.6. The van der Waals surface area contributed by atoms with Gasteiger partial charge in [0.05, 0.1) is 5.41 Å². The molecule has 0 radical (unpaired) electrons. The fourth-order valence-corrected chi connectivity index (χ4v) is 10.3. The lowest BCUT2D eigenvalue weighted by molar-refractivity contribution is 0.589. The van der Waals surface area contributed by atoms with Gasteiger partial charge < -0.3 is 0 Å². The van der Waals surface area contributed by atoms with Crippen LogP contribution in [0.2, 0.25) is 0 Å². The van der Waals surface area contributed by atoms with Gasteiger partial charge in [0.15, 0.2) is 0 Å². The molecular formula is C49H40S. The summed E-state index contributed by atoms with van der Waals surface area (Å²) in [7, 11) is 0. The molecule has 0 fully saturated rings. The SMILES string of the molecule is CC(C)(C)c1ccc2c(c1)-c1cc(C(C)(C)C)ccc1C21c2ccccc2-c2c(-c3ccc4c(c3)-c3cccc5cccc(c35)S4)cccc21. The molecule has 1 spiro atoms. The Morgan fingerprint density at radius 1 is 0.420 bits per heavy atom. The highest BCUT2D eigenvalue weighted by Crippen LogP contribution is 2.64. The Hall–Kier alpha value is -4.85. The predicted molar refractivity (Wildman–Crippen MR) is 213 cm³/mol. The van der Waals surface area contributed by atoms with E-state index in [4.69, 9.17) is 0 Å². The van der Waals surface area contributed by atoms with Crippen LogP contribution in [-0.2, 0) is 16.2 Å². The van der Waals surface area contributed by atoms with Gasteiger partial charge in [-0.2, -0.15) is 0 Å². The molecule has 0 aromatic heterocycles. The van der Waals surface area contributed by atoms with Crippen LogP contribution in [-0.4, -0.2) is 0 Å². The molecule has 1 aliphatic heterocycles. The molecule has 0 bridgehead atoms. The van der Waals surface area contributed by atoms with Gasteiger partial charge >= 0.3 is 0 Å². The van der Waals surface area contributed by atoms with Crippen molar-refractivity contribution in [3.8, 4) is 44.5 Å². The molecule has 7 aromatic carbocycles. The highest BCUT2D eigenvalue weighted by molar-refractivity contribution is 7.99. The molecule has 10 rings (SSSR count). The second-order valence-corrected chi connectivity index (χ2v) is 17.6. The van der Waals surface area contributed by atoms with E-state index in [0.29, 0.717) is 0 Å². The van der Waals surface area contributed by atoms with Gasteiger partial charge in [-0.3, -0.25) is 0 Å². The van der Waals surface area contributed by atoms with Gasteiger partial charge in [-0.25, -0.2) is 0 Å². The van der Waals surface area contributed by atoms with Crippen molar-refractivity contribution in [2.45, 2.75) is 67.6 Å². The fraction of sp³-hybridized carbons (Fsp3) is 0.184. The van der Waals surface area contributed by atoms with Crippen molar-refractivity contribution in [3.63, 3.8) is 0 Å². The van der Waals surface area contributed by atoms with Crippen molar-refractivity contribution >= 4 is 22.5 Å². The summed E-state index contributed by atoms with van der Waals surface area (Å²) in [5, 5.41) is 2.68. The lowest BCUT2D eigenvalue weighted by Crippen LogP contribution is -2.26. The second kappa shape index (κ2) is 10.1. The minimum absolute atomic E-state index is 0.0564. The number of hydrogen-bond donors (Lipinski definition) is 0. The summed E-state index contributed by atoms with van der Waals surface area (Å²) in [5.41, 5.74) is 18.8. The monoisotopic (exact) mass is 660 g/mol. The largest absolute Gasteiger partial charge is 0.0888 e. The first kappa shape index (κ1) is 30.0. The molecule has 0 N–H and O–H groups in total. The Morgan fingerprint density at radius 3 is 1.70 bits per heavy atom. The molecule has 242 valence electrons. The molecule has 1 heterocycles. The maximum atomic E-state index is 2.50. The Morgan fingerprint density at radius 2 is 1.00 bits per heavy atom. The Balaban J connectivity index is 1.26. The molecule has 7 aromatic rings. The standard InChI is InChI=1S/C49H40S/c1-47(2,3)31-21-23-40-36(27-31)37-28-32(48(4,5)6)22-24-41(37)49(40)39-17-8-7-14-35(39)46-33(15-11-18-42(46)49)30-20-25-43-38(26-30)34-16-9-12-29-13-10-19-44(50-43)45(29)34/h7-28H,1-6H3. The molecule has 1 heteroatoms. The van der Waals surface area contributed by atoms with E-state index in [1.54, 1.807) is 0 Å². The second-order valence-electron chi connectivity index (χ2n) is 16.5. The zero-order valence-corrected chi connectivity index (χ0v) is 30.4. The highest BCUT2D eigenvalue weighted by Gasteiger charge is 2.52. The molecule has 3 aliphatic rings. The normalized spacial score (nSPS) is 14.7. The molecule has 2 aliphatic carbocycles. The van der Waals surface area contributed by atoms with E-state index in [-0.39, 0.29) is 16.2 Å². The number of fused-ring (bicyclic) bond motifs is 12. The summed E-state index contributed by atoms with van der Waals surface area (Å²) in [4.78, 5) is 2.67. The first-order valence-electron chi connectivity index (χ1n) is 17.9. The van der Waals surface area contributed by atoms with Gasteiger partial charge in [-0.15, -0.1) is 0 Å². The van der Waals surface area contributed by atoms with Crippen molar-refractivity contribution in [3.05, 3.63) is 167 Å². The quantitative estimate of drug-likeness (QED) is 0.169. The van der Waals surface area contributed by atoms with Gasteiger partial charge in [-0.1, -0.05) is 169 Å². The fourth-order valence-electron chi connectivity index (χ4n) is 9.15. The average molecular weight is 661 g/mol. The van der Waals surface area contributed by atoms with E-state index in [2.05, 4.69) is 175 Å². The van der Waals surface area contributed by atoms with Crippen molar-refractivity contribution in [2.75, 3.05) is 0 Å². The zero-order valence-electron chi connectivity index (χ0n) is 29.6. The zero-order chi connectivity index (χ0) is 34.2. The highest BCUT2D eigenvalue weighted by atomic mass is 32.2. The minimum atomic E-state index is -0.381. The van der Waals surface area contributed by atoms with Crippen LogP contribution < -0.4 is 0 Å². The predicted octanol–water partition coefficient (Wildman–Crippen LogP) is 13.6. The lowest BCUT2D eigenvalue weighted by Gasteiger charge is -2.31. The maximum Gasteiger partial charge on any atom is 0.0725 e. The van der Waals surface area contributed by atoms with Crippen LogP contribution in [0.5, 0.6) is 0 Å². The van der Waals surface area contributed by atoms with E-state index in [9.17, 15) is 0 Å². The Kier molecular flexibility index (Phi) is 6.07. The van der Waals surface area contributed by atoms with Gasteiger partial charge in [-0.05, 0) is 112 Å². The van der Waals surface area contributed by atoms with Crippen LogP contribution in [0.15, 0.2) is 143 Å². The topological polar surface area (TPSA) is 0 Å². The summed E-state index contributed by atoms with van der Waals surface area (Å²) in [6, 6.07) is 51.6. The summed E-state index contributed by atoms with van der Waals surface area (Å²) in [5.74, 6) is 0. The van der Waals surface area contributed by atoms with Gasteiger partial charge in [0.1, 0.15) is 0 Å². The van der Waals surface area contributed by atoms with Crippen molar-refractivity contribution in [2.24, 2.45) is 0 Å². The van der Waals surface area contributed by atoms with E-state index in [0.717, 1.165) is 0 Å². The summed E-state index contributed by atoms with van der Waals surface area (Å²) in [6.45, 7) is 14.0. The Bertz CT molecular complexity index is 2520. The summed E-state index contributed by atoms with van der Waals surface area (Å²) >= 11 is 1.90. The number of rotatable bonds is 1. The van der Waals surface area contributed by atoms with Gasteiger partial charge in [0, 0.05) is 15.2 Å². The van der Waals surface area contributed by atoms with Crippen LogP contribution >= 0.6 is 11.8 Å². The number of benzene rings is 7. The third-order valence-corrected chi connectivity index (χ3v) is 12.7. The van der Waals surface area contributed by atoms with Gasteiger partial charge in [0.2, 0.25) is 0 Å². The molecule has 0 nitrogen and oxygen atoms in total. The van der Waals surface area contributed by atoms with Crippen LogP contribution in [0, 0.1) is 0 Å². The van der Waals surface area contributed by atoms with Crippen LogP contribution in [0.1, 0.15) is 74.9 Å². The van der Waals surface area contributed by atoms with Crippen LogP contribution in [0.4, 0.5) is 0 Å². The van der Waals surface area contributed by atoms with Gasteiger partial charge in [0.25, 0.3) is 0 Å². The first-order chi connectivity index (χ1) is 24.0. The smallest absolute Gasteiger partial charge is 0.0725 e. The summed E-state index contributed by atoms with van der Waals surface area (Å²) < 4.78 is 0. The molecule has 0 atom stereocenters. The van der Waals surface area contributed by atoms with E-state index >= 15 is 0 Å². The van der Waals surface area contributed by atoms with E-state index in [1.165, 1.54) is 98.5 Å². The first-order valence-corrected chi connectivity index (χ1v) is 18.7. The maximum absolute atomic E-state index is 2.50. The van der Waals surface area contributed by atoms with Crippen molar-refractivity contribution < 1.29 is 0 Å². The molecule has 0 unspecified atom stereocenters. The van der Waals surface area contributed by atoms with E-state index in [1.807, 2.05) is 11.8 Å². The van der Waals surface area contributed by atoms with Crippen LogP contribution in [0.25, 0.3) is 55.3 Å². The van der Waals surface area contributed by atoms with Crippen molar-refractivity contribution in [1.29, 1.82) is 0 Å². The molecule has 0 saturated heterocycles. The summed E-state index contributed by atoms with van der Waals surface area (Å²) in [6.07, 6.45) is 0. The molecule has 0 saturated carbocycles. The Labute approximate surface area is 300 Å². The molecule has 0 amide bonds. The average Bonchev–Trinajstić information content (AvgIpc) is 3.58. The van der Waals surface area contributed by atoms with Crippen molar-refractivity contribution in [1.82, 2.24) is 0 Å².